The normalized spacial score (nSPS) is 27.8. The number of ether oxygens (including phenoxy) is 2. The number of phenolic OH excluding ortho intramolecular Hbond substituents is 1. The summed E-state index contributed by atoms with van der Waals surface area (Å²) in [6.45, 7) is 1.37. The maximum Gasteiger partial charge on any atom is 0.342 e. The van der Waals surface area contributed by atoms with Crippen molar-refractivity contribution in [2.75, 3.05) is 53.4 Å². The Hall–Kier alpha value is -3.61. The number of ketones is 1. The van der Waals surface area contributed by atoms with Crippen molar-refractivity contribution in [1.29, 1.82) is 0 Å². The van der Waals surface area contributed by atoms with Crippen molar-refractivity contribution in [3.8, 4) is 5.75 Å². The molecule has 40 heavy (non-hydrogen) atoms. The van der Waals surface area contributed by atoms with Crippen molar-refractivity contribution in [3.05, 3.63) is 45.4 Å². The van der Waals surface area contributed by atoms with E-state index in [2.05, 4.69) is 0 Å². The van der Waals surface area contributed by atoms with Gasteiger partial charge >= 0.3 is 5.97 Å². The van der Waals surface area contributed by atoms with Gasteiger partial charge < -0.3 is 40.5 Å². The molecule has 0 saturated carbocycles. The second-order valence-corrected chi connectivity index (χ2v) is 11.3. The summed E-state index contributed by atoms with van der Waals surface area (Å²) in [5, 5.41) is 45.4. The molecule has 0 spiro atoms. The predicted molar refractivity (Wildman–Crippen MR) is 144 cm³/mol. The molecule has 0 aliphatic heterocycles. The molecule has 6 N–H and O–H groups in total. The topological polar surface area (TPSA) is 183 Å². The SMILES string of the molecule is COCCOC(=O)c1cc(N(C)C)c2c(c1O)C(=O)C1=C(O)C3C(CC1C2)[C@H](N(C)C)C(O)=C(C(N)=O)C3(C)O. The molecular formula is C28H37N3O9. The quantitative estimate of drug-likeness (QED) is 0.238. The minimum Gasteiger partial charge on any atom is -0.511 e. The molecule has 0 radical (unpaired) electrons. The number of nitrogens with zero attached hydrogens (tertiary/aromatic N) is 2. The first-order chi connectivity index (χ1) is 18.7. The van der Waals surface area contributed by atoms with Crippen molar-refractivity contribution in [2.24, 2.45) is 23.5 Å². The van der Waals surface area contributed by atoms with Crippen LogP contribution in [0.4, 0.5) is 5.69 Å². The number of carbonyl (C=O) groups excluding carboxylic acids is 3. The molecule has 0 heterocycles. The third-order valence-electron chi connectivity index (χ3n) is 8.35. The molecule has 12 nitrogen and oxygen atoms in total. The molecule has 0 aromatic heterocycles. The summed E-state index contributed by atoms with van der Waals surface area (Å²) in [6, 6.07) is 0.706. The molecule has 12 heteroatoms. The number of methoxy groups -OCH3 is 1. The van der Waals surface area contributed by atoms with Crippen molar-refractivity contribution in [1.82, 2.24) is 4.90 Å². The van der Waals surface area contributed by atoms with Gasteiger partial charge in [0.15, 0.2) is 5.78 Å². The van der Waals surface area contributed by atoms with Crippen LogP contribution in [-0.4, -0.2) is 103 Å². The van der Waals surface area contributed by atoms with E-state index in [4.69, 9.17) is 15.2 Å². The second-order valence-electron chi connectivity index (χ2n) is 11.3. The molecule has 4 unspecified atom stereocenters. The molecular weight excluding hydrogens is 522 g/mol. The van der Waals surface area contributed by atoms with Gasteiger partial charge in [0.1, 0.15) is 35.0 Å². The van der Waals surface area contributed by atoms with E-state index in [9.17, 15) is 34.8 Å². The van der Waals surface area contributed by atoms with Gasteiger partial charge in [-0.15, -0.1) is 0 Å². The lowest BCUT2D eigenvalue weighted by molar-refractivity contribution is -0.120. The van der Waals surface area contributed by atoms with E-state index in [0.717, 1.165) is 0 Å². The number of aliphatic hydroxyl groups excluding tert-OH is 2. The largest absolute Gasteiger partial charge is 0.511 e. The van der Waals surface area contributed by atoms with Gasteiger partial charge in [-0.2, -0.15) is 0 Å². The second kappa shape index (κ2) is 10.4. The summed E-state index contributed by atoms with van der Waals surface area (Å²) in [7, 11) is 8.33. The van der Waals surface area contributed by atoms with Crippen LogP contribution >= 0.6 is 0 Å². The van der Waals surface area contributed by atoms with E-state index in [1.165, 1.54) is 20.1 Å². The summed E-state index contributed by atoms with van der Waals surface area (Å²) in [5.74, 6) is -6.19. The zero-order valence-electron chi connectivity index (χ0n) is 23.5. The van der Waals surface area contributed by atoms with Gasteiger partial charge in [0.05, 0.1) is 29.7 Å². The van der Waals surface area contributed by atoms with Gasteiger partial charge in [-0.1, -0.05) is 0 Å². The Kier molecular flexibility index (Phi) is 7.65. The monoisotopic (exact) mass is 559 g/mol. The van der Waals surface area contributed by atoms with E-state index in [-0.39, 0.29) is 48.5 Å². The number of aliphatic hydroxyl groups is 3. The van der Waals surface area contributed by atoms with Gasteiger partial charge in [0.2, 0.25) is 0 Å². The van der Waals surface area contributed by atoms with Gasteiger partial charge in [-0.05, 0) is 57.3 Å². The highest BCUT2D eigenvalue weighted by molar-refractivity contribution is 6.16. The van der Waals surface area contributed by atoms with Crippen LogP contribution in [0.25, 0.3) is 0 Å². The Labute approximate surface area is 232 Å². The van der Waals surface area contributed by atoms with Crippen molar-refractivity contribution in [2.45, 2.75) is 31.4 Å². The smallest absolute Gasteiger partial charge is 0.342 e. The van der Waals surface area contributed by atoms with Crippen molar-refractivity contribution >= 4 is 23.3 Å². The highest BCUT2D eigenvalue weighted by Gasteiger charge is 2.59. The average molecular weight is 560 g/mol. The van der Waals surface area contributed by atoms with Crippen molar-refractivity contribution < 1.29 is 44.3 Å². The third kappa shape index (κ3) is 4.40. The lowest BCUT2D eigenvalue weighted by Crippen LogP contribution is -2.59. The number of hydrogen-bond donors (Lipinski definition) is 5. The first-order valence-electron chi connectivity index (χ1n) is 13.0. The van der Waals surface area contributed by atoms with Gasteiger partial charge in [0, 0.05) is 32.5 Å². The van der Waals surface area contributed by atoms with Crippen LogP contribution in [0.15, 0.2) is 28.7 Å². The predicted octanol–water partition coefficient (Wildman–Crippen LogP) is 1.06. The zero-order valence-corrected chi connectivity index (χ0v) is 23.5. The van der Waals surface area contributed by atoms with Gasteiger partial charge in [-0.25, -0.2) is 4.79 Å². The summed E-state index contributed by atoms with van der Waals surface area (Å²) < 4.78 is 10.1. The Morgan fingerprint density at radius 1 is 1.12 bits per heavy atom. The highest BCUT2D eigenvalue weighted by atomic mass is 16.6. The van der Waals surface area contributed by atoms with Crippen LogP contribution in [0.5, 0.6) is 5.75 Å². The van der Waals surface area contributed by atoms with Crippen LogP contribution in [-0.2, 0) is 20.7 Å². The number of rotatable bonds is 7. The molecule has 1 aromatic carbocycles. The van der Waals surface area contributed by atoms with Crippen LogP contribution in [0.3, 0.4) is 0 Å². The summed E-state index contributed by atoms with van der Waals surface area (Å²) in [6.07, 6.45) is 0.512. The number of fused-ring (bicyclic) bond motifs is 3. The Balaban J connectivity index is 1.91. The number of aromatic hydroxyl groups is 1. The molecule has 1 amide bonds. The van der Waals surface area contributed by atoms with E-state index >= 15 is 0 Å². The van der Waals surface area contributed by atoms with Crippen LogP contribution < -0.4 is 10.6 Å². The number of carbonyl (C=O) groups is 3. The lowest BCUT2D eigenvalue weighted by atomic mass is 9.57. The third-order valence-corrected chi connectivity index (χ3v) is 8.35. The molecule has 3 aliphatic carbocycles. The fourth-order valence-electron chi connectivity index (χ4n) is 6.79. The van der Waals surface area contributed by atoms with E-state index in [0.29, 0.717) is 11.3 Å². The number of esters is 1. The number of likely N-dealkylation sites (N-methyl/N-ethyl adjacent to an activating group) is 1. The number of allylic oxidation sites excluding steroid dienone is 1. The minimum atomic E-state index is -2.08. The summed E-state index contributed by atoms with van der Waals surface area (Å²) >= 11 is 0. The van der Waals surface area contributed by atoms with E-state index in [1.54, 1.807) is 38.0 Å². The molecule has 1 aromatic rings. The Bertz CT molecular complexity index is 1330. The molecule has 0 saturated heterocycles. The first kappa shape index (κ1) is 29.4. The van der Waals surface area contributed by atoms with E-state index < -0.39 is 64.1 Å². The van der Waals surface area contributed by atoms with Gasteiger partial charge in [-0.3, -0.25) is 14.5 Å². The highest BCUT2D eigenvalue weighted by Crippen LogP contribution is 2.55. The molecule has 218 valence electrons. The molecule has 0 bridgehead atoms. The Morgan fingerprint density at radius 3 is 2.33 bits per heavy atom. The summed E-state index contributed by atoms with van der Waals surface area (Å²) in [4.78, 5) is 42.6. The number of Topliss-reactive ketones (excluding diaryl/α,β-unsaturated/α-hetero) is 1. The standard InChI is InChI=1S/C28H37N3O9/c1-28(38)19-14(21(31(4)5)25(35)20(28)26(29)36)10-12-9-13-16(30(2)3)11-15(27(37)40-8-7-39-6)22(32)18(13)23(33)17(12)24(19)34/h11-12,14,19,21,32,34-35,38H,7-10H2,1-6H3,(H2,29,36)/t12?,14?,19?,21-,28?/m0/s1. The van der Waals surface area contributed by atoms with Crippen LogP contribution in [0.2, 0.25) is 0 Å². The number of phenols is 1. The number of primary amides is 1. The van der Waals surface area contributed by atoms with Crippen LogP contribution in [0.1, 0.15) is 39.6 Å². The maximum atomic E-state index is 14.1. The average Bonchev–Trinajstić information content (AvgIpc) is 2.82. The van der Waals surface area contributed by atoms with E-state index in [1.807, 2.05) is 0 Å². The molecule has 0 fully saturated rings. The number of benzene rings is 1. The van der Waals surface area contributed by atoms with Crippen LogP contribution in [0, 0.1) is 17.8 Å². The van der Waals surface area contributed by atoms with Crippen molar-refractivity contribution in [3.63, 3.8) is 0 Å². The summed E-state index contributed by atoms with van der Waals surface area (Å²) in [5.41, 5.74) is 3.71. The minimum absolute atomic E-state index is 0.0124. The van der Waals surface area contributed by atoms with Gasteiger partial charge in [0.25, 0.3) is 5.91 Å². The molecule has 5 atom stereocenters. The number of amides is 1. The fourth-order valence-corrected chi connectivity index (χ4v) is 6.79. The molecule has 3 aliphatic rings. The number of anilines is 1. The molecule has 4 rings (SSSR count). The zero-order chi connectivity index (χ0) is 29.8. The number of hydrogen-bond acceptors (Lipinski definition) is 11. The lowest BCUT2D eigenvalue weighted by Gasteiger charge is -2.52. The number of nitrogens with two attached hydrogens (primary N) is 1. The first-order valence-corrected chi connectivity index (χ1v) is 13.0. The fraction of sp³-hybridized carbons (Fsp3) is 0.536. The maximum absolute atomic E-state index is 14.1. The Morgan fingerprint density at radius 2 is 1.77 bits per heavy atom.